The molecule has 150 valence electrons. The number of rotatable bonds is 9. The Morgan fingerprint density at radius 3 is 2.68 bits per heavy atom. The zero-order chi connectivity index (χ0) is 20.2. The molecule has 0 saturated carbocycles. The van der Waals surface area contributed by atoms with Crippen LogP contribution in [0.25, 0.3) is 0 Å². The topological polar surface area (TPSA) is 78.8 Å². The molecule has 7 nitrogen and oxygen atoms in total. The third-order valence-corrected chi connectivity index (χ3v) is 4.20. The van der Waals surface area contributed by atoms with E-state index in [0.29, 0.717) is 25.7 Å². The van der Waals surface area contributed by atoms with Crippen molar-refractivity contribution in [3.05, 3.63) is 59.9 Å². The highest BCUT2D eigenvalue weighted by Gasteiger charge is 2.10. The van der Waals surface area contributed by atoms with Gasteiger partial charge in [-0.2, -0.15) is 0 Å². The van der Waals surface area contributed by atoms with Crippen LogP contribution >= 0.6 is 0 Å². The number of nitrogens with zero attached hydrogens (tertiary/aromatic N) is 3. The summed E-state index contributed by atoms with van der Waals surface area (Å²) in [5, 5.41) is 6.28. The second kappa shape index (κ2) is 11.6. The molecule has 0 saturated heterocycles. The molecule has 0 aliphatic rings. The van der Waals surface area contributed by atoms with E-state index in [0.717, 1.165) is 23.4 Å². The Morgan fingerprint density at radius 2 is 1.96 bits per heavy atom. The average Bonchev–Trinajstić information content (AvgIpc) is 2.74. The maximum absolute atomic E-state index is 12.3. The molecule has 2 N–H and O–H groups in total. The van der Waals surface area contributed by atoms with E-state index in [1.165, 1.54) is 0 Å². The fourth-order valence-corrected chi connectivity index (χ4v) is 2.59. The van der Waals surface area contributed by atoms with Crippen LogP contribution in [0.1, 0.15) is 18.2 Å². The largest absolute Gasteiger partial charge is 0.494 e. The third kappa shape index (κ3) is 6.90. The molecule has 1 aromatic carbocycles. The second-order valence-corrected chi connectivity index (χ2v) is 6.21. The van der Waals surface area contributed by atoms with Gasteiger partial charge in [-0.3, -0.25) is 14.8 Å². The SMILES string of the molecule is CCOc1ccccc1CNC(=NC)NCC(=O)N(C)CCc1ccccn1. The number of nitrogens with one attached hydrogen (secondary N) is 2. The molecule has 7 heteroatoms. The Hall–Kier alpha value is -3.09. The number of hydrogen-bond acceptors (Lipinski definition) is 4. The molecule has 0 bridgehead atoms. The molecule has 0 radical (unpaired) electrons. The number of benzene rings is 1. The van der Waals surface area contributed by atoms with Crippen LogP contribution in [0.15, 0.2) is 53.7 Å². The summed E-state index contributed by atoms with van der Waals surface area (Å²) < 4.78 is 5.63. The minimum absolute atomic E-state index is 0.00593. The van der Waals surface area contributed by atoms with Gasteiger partial charge in [0.15, 0.2) is 5.96 Å². The summed E-state index contributed by atoms with van der Waals surface area (Å²) in [6.45, 7) is 3.92. The summed E-state index contributed by atoms with van der Waals surface area (Å²) >= 11 is 0. The van der Waals surface area contributed by atoms with Crippen molar-refractivity contribution < 1.29 is 9.53 Å². The summed E-state index contributed by atoms with van der Waals surface area (Å²) in [5.41, 5.74) is 2.01. The molecule has 2 rings (SSSR count). The Bertz CT molecular complexity index is 764. The van der Waals surface area contributed by atoms with E-state index in [9.17, 15) is 4.79 Å². The van der Waals surface area contributed by atoms with Gasteiger partial charge in [-0.25, -0.2) is 0 Å². The smallest absolute Gasteiger partial charge is 0.241 e. The van der Waals surface area contributed by atoms with Crippen LogP contribution in [0.5, 0.6) is 5.75 Å². The van der Waals surface area contributed by atoms with Gasteiger partial charge in [-0.1, -0.05) is 24.3 Å². The number of ether oxygens (including phenoxy) is 1. The van der Waals surface area contributed by atoms with Gasteiger partial charge in [0.2, 0.25) is 5.91 Å². The quantitative estimate of drug-likeness (QED) is 0.510. The van der Waals surface area contributed by atoms with Gasteiger partial charge < -0.3 is 20.3 Å². The van der Waals surface area contributed by atoms with Crippen LogP contribution in [-0.2, 0) is 17.8 Å². The van der Waals surface area contributed by atoms with Gasteiger partial charge in [0.05, 0.1) is 13.2 Å². The Labute approximate surface area is 166 Å². The Kier molecular flexibility index (Phi) is 8.78. The summed E-state index contributed by atoms with van der Waals surface area (Å²) in [6, 6.07) is 13.6. The number of carbonyl (C=O) groups is 1. The summed E-state index contributed by atoms with van der Waals surface area (Å²) in [4.78, 5) is 22.5. The van der Waals surface area contributed by atoms with Crippen molar-refractivity contribution >= 4 is 11.9 Å². The predicted octanol–water partition coefficient (Wildman–Crippen LogP) is 1.85. The molecule has 28 heavy (non-hydrogen) atoms. The van der Waals surface area contributed by atoms with Gasteiger partial charge in [-0.05, 0) is 25.1 Å². The molecular formula is C21H29N5O2. The number of pyridine rings is 1. The van der Waals surface area contributed by atoms with E-state index in [4.69, 9.17) is 4.74 Å². The number of aliphatic imine (C=N–C) groups is 1. The Balaban J connectivity index is 1.77. The lowest BCUT2D eigenvalue weighted by molar-refractivity contribution is -0.128. The van der Waals surface area contributed by atoms with Crippen molar-refractivity contribution in [2.24, 2.45) is 4.99 Å². The van der Waals surface area contributed by atoms with Crippen molar-refractivity contribution in [1.82, 2.24) is 20.5 Å². The van der Waals surface area contributed by atoms with Crippen LogP contribution in [0.4, 0.5) is 0 Å². The number of para-hydroxylation sites is 1. The molecular weight excluding hydrogens is 354 g/mol. The first-order valence-electron chi connectivity index (χ1n) is 9.43. The summed E-state index contributed by atoms with van der Waals surface area (Å²) in [6.07, 6.45) is 2.49. The van der Waals surface area contributed by atoms with Gasteiger partial charge >= 0.3 is 0 Å². The van der Waals surface area contributed by atoms with Crippen LogP contribution in [0, 0.1) is 0 Å². The highest BCUT2D eigenvalue weighted by molar-refractivity contribution is 5.86. The summed E-state index contributed by atoms with van der Waals surface area (Å²) in [5.74, 6) is 1.41. The molecule has 0 unspecified atom stereocenters. The molecule has 0 fully saturated rings. The van der Waals surface area contributed by atoms with Gasteiger partial charge in [0.25, 0.3) is 0 Å². The molecule has 1 aromatic heterocycles. The highest BCUT2D eigenvalue weighted by atomic mass is 16.5. The van der Waals surface area contributed by atoms with Crippen LogP contribution < -0.4 is 15.4 Å². The standard InChI is InChI=1S/C21H29N5O2/c1-4-28-19-11-6-5-9-17(19)15-24-21(22-2)25-16-20(27)26(3)14-12-18-10-7-8-13-23-18/h5-11,13H,4,12,14-16H2,1-3H3,(H2,22,24,25). The first-order valence-corrected chi connectivity index (χ1v) is 9.43. The van der Waals surface area contributed by atoms with Crippen LogP contribution in [0.2, 0.25) is 0 Å². The van der Waals surface area contributed by atoms with E-state index in [1.807, 2.05) is 49.4 Å². The van der Waals surface area contributed by atoms with Crippen LogP contribution in [-0.4, -0.2) is 55.5 Å². The van der Waals surface area contributed by atoms with Crippen molar-refractivity contribution in [2.45, 2.75) is 19.9 Å². The maximum atomic E-state index is 12.3. The molecule has 1 amide bonds. The highest BCUT2D eigenvalue weighted by Crippen LogP contribution is 2.17. The van der Waals surface area contributed by atoms with E-state index in [1.54, 1.807) is 25.2 Å². The lowest BCUT2D eigenvalue weighted by atomic mass is 10.2. The lowest BCUT2D eigenvalue weighted by Gasteiger charge is -2.19. The number of hydrogen-bond donors (Lipinski definition) is 2. The van der Waals surface area contributed by atoms with Crippen LogP contribution in [0.3, 0.4) is 0 Å². The van der Waals surface area contributed by atoms with Gasteiger partial charge in [0.1, 0.15) is 5.75 Å². The molecule has 1 heterocycles. The lowest BCUT2D eigenvalue weighted by Crippen LogP contribution is -2.43. The zero-order valence-electron chi connectivity index (χ0n) is 16.8. The number of aromatic nitrogens is 1. The Morgan fingerprint density at radius 1 is 1.18 bits per heavy atom. The minimum atomic E-state index is -0.00593. The molecule has 2 aromatic rings. The van der Waals surface area contributed by atoms with Crippen molar-refractivity contribution in [3.63, 3.8) is 0 Å². The first-order chi connectivity index (χ1) is 13.6. The normalized spacial score (nSPS) is 11.0. The zero-order valence-corrected chi connectivity index (χ0v) is 16.8. The number of guanidine groups is 1. The fourth-order valence-electron chi connectivity index (χ4n) is 2.59. The van der Waals surface area contributed by atoms with Crippen molar-refractivity contribution in [3.8, 4) is 5.75 Å². The van der Waals surface area contributed by atoms with Crippen molar-refractivity contribution in [2.75, 3.05) is 33.8 Å². The molecule has 0 aliphatic heterocycles. The van der Waals surface area contributed by atoms with Gasteiger partial charge in [-0.15, -0.1) is 0 Å². The average molecular weight is 383 g/mol. The molecule has 0 atom stereocenters. The van der Waals surface area contributed by atoms with E-state index in [2.05, 4.69) is 20.6 Å². The van der Waals surface area contributed by atoms with E-state index < -0.39 is 0 Å². The molecule has 0 aliphatic carbocycles. The van der Waals surface area contributed by atoms with E-state index >= 15 is 0 Å². The second-order valence-electron chi connectivity index (χ2n) is 6.21. The predicted molar refractivity (Wildman–Crippen MR) is 111 cm³/mol. The minimum Gasteiger partial charge on any atom is -0.494 e. The van der Waals surface area contributed by atoms with Crippen molar-refractivity contribution in [1.29, 1.82) is 0 Å². The first kappa shape index (κ1) is 21.2. The number of amides is 1. The summed E-state index contributed by atoms with van der Waals surface area (Å²) in [7, 11) is 3.47. The number of likely N-dealkylation sites (N-methyl/N-ethyl adjacent to an activating group) is 1. The fraction of sp³-hybridized carbons (Fsp3) is 0.381. The molecule has 0 spiro atoms. The third-order valence-electron chi connectivity index (χ3n) is 4.20. The maximum Gasteiger partial charge on any atom is 0.241 e. The monoisotopic (exact) mass is 383 g/mol. The van der Waals surface area contributed by atoms with Gasteiger partial charge in [0, 0.05) is 51.1 Å². The number of carbonyl (C=O) groups excluding carboxylic acids is 1. The van der Waals surface area contributed by atoms with E-state index in [-0.39, 0.29) is 12.5 Å².